The van der Waals surface area contributed by atoms with Gasteiger partial charge in [0.15, 0.2) is 0 Å². The van der Waals surface area contributed by atoms with E-state index in [9.17, 15) is 14.7 Å². The molecule has 1 aliphatic rings. The lowest BCUT2D eigenvalue weighted by atomic mass is 9.74. The van der Waals surface area contributed by atoms with Gasteiger partial charge in [-0.25, -0.2) is 4.79 Å². The molecule has 0 aromatic rings. The number of rotatable bonds is 7. The van der Waals surface area contributed by atoms with Crippen molar-refractivity contribution in [3.63, 3.8) is 0 Å². The topological polar surface area (TPSA) is 93.1 Å². The molecule has 0 spiro atoms. The minimum absolute atomic E-state index is 0.112. The predicted molar refractivity (Wildman–Crippen MR) is 71.4 cm³/mol. The number of aliphatic carboxylic acids is 2. The number of allylic oxidation sites excluding steroid dienone is 1. The Morgan fingerprint density at radius 3 is 2.55 bits per heavy atom. The maximum Gasteiger partial charge on any atom is 0.328 e. The number of methoxy groups -OCH3 is 2. The number of carboxylic acid groups (broad SMARTS) is 2. The molecule has 20 heavy (non-hydrogen) atoms. The Labute approximate surface area is 117 Å². The molecule has 0 saturated heterocycles. The first-order valence-corrected chi connectivity index (χ1v) is 6.34. The van der Waals surface area contributed by atoms with Crippen molar-refractivity contribution in [2.75, 3.05) is 27.4 Å². The Kier molecular flexibility index (Phi) is 6.41. The fourth-order valence-corrected chi connectivity index (χ4v) is 2.63. The smallest absolute Gasteiger partial charge is 0.328 e. The molecule has 6 nitrogen and oxygen atoms in total. The van der Waals surface area contributed by atoms with E-state index in [1.807, 2.05) is 6.08 Å². The van der Waals surface area contributed by atoms with Crippen molar-refractivity contribution in [1.29, 1.82) is 0 Å². The lowest BCUT2D eigenvalue weighted by Crippen LogP contribution is -2.32. The van der Waals surface area contributed by atoms with E-state index in [1.54, 1.807) is 0 Å². The van der Waals surface area contributed by atoms with Crippen LogP contribution in [0.2, 0.25) is 0 Å². The molecule has 1 aliphatic carbocycles. The van der Waals surface area contributed by atoms with Gasteiger partial charge in [0, 0.05) is 26.2 Å². The van der Waals surface area contributed by atoms with Crippen LogP contribution in [0.5, 0.6) is 0 Å². The second kappa shape index (κ2) is 7.81. The molecular weight excluding hydrogens is 264 g/mol. The van der Waals surface area contributed by atoms with Crippen LogP contribution in [0.4, 0.5) is 0 Å². The summed E-state index contributed by atoms with van der Waals surface area (Å²) in [5.74, 6) is -3.20. The van der Waals surface area contributed by atoms with Crippen molar-refractivity contribution >= 4 is 11.9 Å². The molecule has 1 rings (SSSR count). The van der Waals surface area contributed by atoms with Crippen molar-refractivity contribution < 1.29 is 29.3 Å². The number of carboxylic acids is 2. The SMILES string of the molecule is COCC1=CCCC(/C(=C/C(=O)O)COC)C1C(=O)O. The monoisotopic (exact) mass is 284 g/mol. The van der Waals surface area contributed by atoms with Crippen molar-refractivity contribution in [1.82, 2.24) is 0 Å². The molecule has 0 aromatic carbocycles. The van der Waals surface area contributed by atoms with Gasteiger partial charge in [0.1, 0.15) is 0 Å². The summed E-state index contributed by atoms with van der Waals surface area (Å²) in [6.45, 7) is 0.349. The van der Waals surface area contributed by atoms with Gasteiger partial charge in [-0.1, -0.05) is 6.08 Å². The molecule has 0 aromatic heterocycles. The Balaban J connectivity index is 3.09. The minimum atomic E-state index is -1.09. The van der Waals surface area contributed by atoms with Gasteiger partial charge in [-0.05, 0) is 24.0 Å². The normalized spacial score (nSPS) is 23.3. The van der Waals surface area contributed by atoms with E-state index < -0.39 is 17.9 Å². The van der Waals surface area contributed by atoms with Crippen LogP contribution in [-0.2, 0) is 19.1 Å². The summed E-state index contributed by atoms with van der Waals surface area (Å²) in [6, 6.07) is 0. The van der Waals surface area contributed by atoms with Crippen molar-refractivity contribution in [3.8, 4) is 0 Å². The van der Waals surface area contributed by atoms with E-state index >= 15 is 0 Å². The van der Waals surface area contributed by atoms with Crippen LogP contribution in [0, 0.1) is 11.8 Å². The van der Waals surface area contributed by atoms with Crippen molar-refractivity contribution in [3.05, 3.63) is 23.3 Å². The van der Waals surface area contributed by atoms with Crippen molar-refractivity contribution in [2.24, 2.45) is 11.8 Å². The summed E-state index contributed by atoms with van der Waals surface area (Å²) in [5.41, 5.74) is 1.18. The Hall–Kier alpha value is -1.66. The maximum atomic E-state index is 11.5. The van der Waals surface area contributed by atoms with Crippen LogP contribution in [0.25, 0.3) is 0 Å². The van der Waals surface area contributed by atoms with E-state index in [0.29, 0.717) is 24.0 Å². The lowest BCUT2D eigenvalue weighted by Gasteiger charge is -2.31. The molecule has 6 heteroatoms. The highest BCUT2D eigenvalue weighted by Crippen LogP contribution is 2.36. The fourth-order valence-electron chi connectivity index (χ4n) is 2.63. The molecule has 0 radical (unpaired) electrons. The number of hydrogen-bond acceptors (Lipinski definition) is 4. The molecule has 2 atom stereocenters. The van der Waals surface area contributed by atoms with Crippen LogP contribution in [0.3, 0.4) is 0 Å². The van der Waals surface area contributed by atoms with Gasteiger partial charge >= 0.3 is 11.9 Å². The van der Waals surface area contributed by atoms with E-state index in [4.69, 9.17) is 14.6 Å². The fraction of sp³-hybridized carbons (Fsp3) is 0.571. The van der Waals surface area contributed by atoms with Gasteiger partial charge < -0.3 is 19.7 Å². The molecule has 0 saturated carbocycles. The molecule has 0 aliphatic heterocycles. The molecule has 2 N–H and O–H groups in total. The average Bonchev–Trinajstić information content (AvgIpc) is 2.37. The number of hydrogen-bond donors (Lipinski definition) is 2. The zero-order valence-electron chi connectivity index (χ0n) is 11.7. The highest BCUT2D eigenvalue weighted by Gasteiger charge is 2.36. The molecule has 2 unspecified atom stereocenters. The van der Waals surface area contributed by atoms with Crippen LogP contribution >= 0.6 is 0 Å². The van der Waals surface area contributed by atoms with E-state index in [-0.39, 0.29) is 19.1 Å². The van der Waals surface area contributed by atoms with Gasteiger partial charge in [0.25, 0.3) is 0 Å². The van der Waals surface area contributed by atoms with Gasteiger partial charge in [-0.2, -0.15) is 0 Å². The highest BCUT2D eigenvalue weighted by molar-refractivity contribution is 5.81. The number of ether oxygens (including phenoxy) is 2. The summed E-state index contributed by atoms with van der Waals surface area (Å²) in [6.07, 6.45) is 4.21. The first-order valence-electron chi connectivity index (χ1n) is 6.34. The van der Waals surface area contributed by atoms with Crippen molar-refractivity contribution in [2.45, 2.75) is 12.8 Å². The molecule has 0 heterocycles. The summed E-state index contributed by atoms with van der Waals surface area (Å²) >= 11 is 0. The quantitative estimate of drug-likeness (QED) is 0.541. The second-order valence-corrected chi connectivity index (χ2v) is 4.70. The second-order valence-electron chi connectivity index (χ2n) is 4.70. The summed E-state index contributed by atoms with van der Waals surface area (Å²) in [5, 5.41) is 18.4. The largest absolute Gasteiger partial charge is 0.481 e. The molecule has 0 amide bonds. The summed E-state index contributed by atoms with van der Waals surface area (Å²) in [7, 11) is 2.96. The van der Waals surface area contributed by atoms with Crippen LogP contribution in [0.15, 0.2) is 23.3 Å². The van der Waals surface area contributed by atoms with Gasteiger partial charge in [-0.3, -0.25) is 4.79 Å². The van der Waals surface area contributed by atoms with E-state index in [2.05, 4.69) is 0 Å². The van der Waals surface area contributed by atoms with E-state index in [1.165, 1.54) is 14.2 Å². The molecule has 0 bridgehead atoms. The lowest BCUT2D eigenvalue weighted by molar-refractivity contribution is -0.142. The molecule has 112 valence electrons. The van der Waals surface area contributed by atoms with Gasteiger partial charge in [0.05, 0.1) is 19.1 Å². The molecular formula is C14H20O6. The predicted octanol–water partition coefficient (Wildman–Crippen LogP) is 1.33. The number of carbonyl (C=O) groups is 2. The Morgan fingerprint density at radius 2 is 2.05 bits per heavy atom. The summed E-state index contributed by atoms with van der Waals surface area (Å²) in [4.78, 5) is 22.4. The Bertz CT molecular complexity index is 423. The average molecular weight is 284 g/mol. The van der Waals surface area contributed by atoms with Crippen LogP contribution in [-0.4, -0.2) is 49.6 Å². The third-order valence-electron chi connectivity index (χ3n) is 3.36. The molecule has 0 fully saturated rings. The zero-order valence-corrected chi connectivity index (χ0v) is 11.7. The zero-order chi connectivity index (χ0) is 15.1. The minimum Gasteiger partial charge on any atom is -0.481 e. The highest BCUT2D eigenvalue weighted by atomic mass is 16.5. The Morgan fingerprint density at radius 1 is 1.35 bits per heavy atom. The van der Waals surface area contributed by atoms with E-state index in [0.717, 1.165) is 6.08 Å². The van der Waals surface area contributed by atoms with Gasteiger partial charge in [-0.15, -0.1) is 0 Å². The van der Waals surface area contributed by atoms with Crippen LogP contribution in [0.1, 0.15) is 12.8 Å². The third kappa shape index (κ3) is 4.18. The van der Waals surface area contributed by atoms with Crippen LogP contribution < -0.4 is 0 Å². The first kappa shape index (κ1) is 16.4. The van der Waals surface area contributed by atoms with Gasteiger partial charge in [0.2, 0.25) is 0 Å². The maximum absolute atomic E-state index is 11.5. The summed E-state index contributed by atoms with van der Waals surface area (Å²) < 4.78 is 10.0. The third-order valence-corrected chi connectivity index (χ3v) is 3.36. The first-order chi connectivity index (χ1) is 9.51. The standard InChI is InChI=1S/C14H20O6/c1-19-7-9-4-3-5-11(13(9)14(17)18)10(8-20-2)6-12(15)16/h4,6,11,13H,3,5,7-8H2,1-2H3,(H,15,16)(H,17,18)/b10-6+.